The maximum atomic E-state index is 13.8. The van der Waals surface area contributed by atoms with Crippen LogP contribution in [0.5, 0.6) is 17.2 Å². The van der Waals surface area contributed by atoms with Crippen molar-refractivity contribution in [3.05, 3.63) is 63.0 Å². The van der Waals surface area contributed by atoms with Gasteiger partial charge < -0.3 is 28.4 Å². The fourth-order valence-electron chi connectivity index (χ4n) is 4.76. The van der Waals surface area contributed by atoms with Crippen LogP contribution in [0.3, 0.4) is 0 Å². The zero-order chi connectivity index (χ0) is 25.3. The molecule has 2 heterocycles. The van der Waals surface area contributed by atoms with E-state index in [9.17, 15) is 9.59 Å². The molecule has 2 aromatic carbocycles. The minimum Gasteiger partial charge on any atom is -0.493 e. The van der Waals surface area contributed by atoms with Crippen LogP contribution in [0.1, 0.15) is 47.1 Å². The molecule has 0 bridgehead atoms. The van der Waals surface area contributed by atoms with Gasteiger partial charge in [-0.25, -0.2) is 0 Å². The van der Waals surface area contributed by atoms with Crippen molar-refractivity contribution in [3.63, 3.8) is 0 Å². The minimum atomic E-state index is -0.650. The van der Waals surface area contributed by atoms with Crippen LogP contribution in [0.2, 0.25) is 0 Å². The molecule has 1 amide bonds. The van der Waals surface area contributed by atoms with E-state index in [4.69, 9.17) is 18.6 Å². The number of methoxy groups -OCH3 is 3. The molecule has 0 fully saturated rings. The Morgan fingerprint density at radius 2 is 1.63 bits per heavy atom. The Balaban J connectivity index is 1.95. The Kier molecular flexibility index (Phi) is 7.03. The highest BCUT2D eigenvalue weighted by atomic mass is 16.5. The molecule has 0 unspecified atom stereocenters. The lowest BCUT2D eigenvalue weighted by molar-refractivity contribution is 0.0707. The molecular weight excluding hydrogens is 448 g/mol. The van der Waals surface area contributed by atoms with Crippen LogP contribution in [-0.4, -0.2) is 63.2 Å². The summed E-state index contributed by atoms with van der Waals surface area (Å²) < 4.78 is 22.7. The third kappa shape index (κ3) is 4.23. The Bertz CT molecular complexity index is 1290. The lowest BCUT2D eigenvalue weighted by Crippen LogP contribution is -2.37. The van der Waals surface area contributed by atoms with Crippen molar-refractivity contribution in [2.24, 2.45) is 0 Å². The number of fused-ring (bicyclic) bond motifs is 2. The number of likely N-dealkylation sites (N-methyl/N-ethyl adjacent to an activating group) is 1. The van der Waals surface area contributed by atoms with E-state index in [1.54, 1.807) is 29.2 Å². The third-order valence-corrected chi connectivity index (χ3v) is 6.68. The maximum Gasteiger partial charge on any atom is 0.290 e. The van der Waals surface area contributed by atoms with Crippen LogP contribution in [0.25, 0.3) is 11.0 Å². The SMILES string of the molecule is CCN(CC)CCN1C(=O)c2oc3ccc(C)cc3c(=O)c2[C@H]1c1cc(OC)c(OC)c(OC)c1. The molecule has 8 nitrogen and oxygen atoms in total. The maximum absolute atomic E-state index is 13.8. The van der Waals surface area contributed by atoms with Gasteiger partial charge in [0.1, 0.15) is 5.58 Å². The van der Waals surface area contributed by atoms with E-state index in [0.717, 1.165) is 18.7 Å². The summed E-state index contributed by atoms with van der Waals surface area (Å²) in [5, 5.41) is 0.458. The van der Waals surface area contributed by atoms with E-state index in [1.807, 2.05) is 13.0 Å². The molecule has 1 aliphatic heterocycles. The molecule has 0 N–H and O–H groups in total. The summed E-state index contributed by atoms with van der Waals surface area (Å²) in [7, 11) is 4.61. The van der Waals surface area contributed by atoms with Gasteiger partial charge in [0, 0.05) is 13.1 Å². The standard InChI is InChI=1S/C27H32N2O6/c1-7-28(8-2)11-12-29-23(17-14-20(32-4)25(34-6)21(15-17)33-5)22-24(30)18-13-16(3)9-10-19(18)35-26(22)27(29)31/h9-10,13-15,23H,7-8,11-12H2,1-6H3/t23-/m1/s1. The average Bonchev–Trinajstić information content (AvgIpc) is 3.15. The monoisotopic (exact) mass is 480 g/mol. The van der Waals surface area contributed by atoms with Crippen LogP contribution in [0.15, 0.2) is 39.5 Å². The average molecular weight is 481 g/mol. The Labute approximate surface area is 205 Å². The number of aryl methyl sites for hydroxylation is 1. The van der Waals surface area contributed by atoms with Gasteiger partial charge in [-0.1, -0.05) is 25.5 Å². The number of hydrogen-bond donors (Lipinski definition) is 0. The number of hydrogen-bond acceptors (Lipinski definition) is 7. The summed E-state index contributed by atoms with van der Waals surface area (Å²) >= 11 is 0. The second kappa shape index (κ2) is 10.00. The fraction of sp³-hybridized carbons (Fsp3) is 0.407. The number of benzene rings is 2. The largest absolute Gasteiger partial charge is 0.493 e. The first-order valence-corrected chi connectivity index (χ1v) is 11.8. The first kappa shape index (κ1) is 24.6. The van der Waals surface area contributed by atoms with Gasteiger partial charge >= 0.3 is 0 Å². The van der Waals surface area contributed by atoms with Gasteiger partial charge in [-0.15, -0.1) is 0 Å². The summed E-state index contributed by atoms with van der Waals surface area (Å²) in [5.74, 6) is 1.13. The molecule has 0 radical (unpaired) electrons. The molecular formula is C27H32N2O6. The summed E-state index contributed by atoms with van der Waals surface area (Å²) in [6.45, 7) is 8.91. The summed E-state index contributed by atoms with van der Waals surface area (Å²) in [6, 6.07) is 8.34. The molecule has 8 heteroatoms. The van der Waals surface area contributed by atoms with E-state index < -0.39 is 6.04 Å². The predicted octanol–water partition coefficient (Wildman–Crippen LogP) is 4.01. The van der Waals surface area contributed by atoms with Gasteiger partial charge in [-0.2, -0.15) is 0 Å². The van der Waals surface area contributed by atoms with Gasteiger partial charge in [0.25, 0.3) is 5.91 Å². The second-order valence-corrected chi connectivity index (χ2v) is 8.56. The molecule has 35 heavy (non-hydrogen) atoms. The highest BCUT2D eigenvalue weighted by molar-refractivity contribution is 5.99. The number of amides is 1. The smallest absolute Gasteiger partial charge is 0.290 e. The van der Waals surface area contributed by atoms with Crippen molar-refractivity contribution >= 4 is 16.9 Å². The van der Waals surface area contributed by atoms with Gasteiger partial charge in [-0.3, -0.25) is 9.59 Å². The van der Waals surface area contributed by atoms with Gasteiger partial charge in [0.15, 0.2) is 16.9 Å². The number of carbonyl (C=O) groups is 1. The van der Waals surface area contributed by atoms with Gasteiger partial charge in [-0.05, 0) is 49.8 Å². The molecule has 0 aliphatic carbocycles. The molecule has 0 saturated carbocycles. The molecule has 4 rings (SSSR count). The Morgan fingerprint density at radius 1 is 0.971 bits per heavy atom. The molecule has 1 aromatic heterocycles. The molecule has 0 saturated heterocycles. The zero-order valence-corrected chi connectivity index (χ0v) is 21.1. The normalized spacial score (nSPS) is 15.1. The van der Waals surface area contributed by atoms with Gasteiger partial charge in [0.2, 0.25) is 11.5 Å². The zero-order valence-electron chi connectivity index (χ0n) is 21.1. The van der Waals surface area contributed by atoms with Crippen molar-refractivity contribution in [1.82, 2.24) is 9.80 Å². The molecule has 186 valence electrons. The highest BCUT2D eigenvalue weighted by Gasteiger charge is 2.43. The van der Waals surface area contributed by atoms with Crippen LogP contribution in [-0.2, 0) is 0 Å². The van der Waals surface area contributed by atoms with E-state index >= 15 is 0 Å². The second-order valence-electron chi connectivity index (χ2n) is 8.56. The first-order chi connectivity index (χ1) is 16.9. The predicted molar refractivity (Wildman–Crippen MR) is 134 cm³/mol. The lowest BCUT2D eigenvalue weighted by Gasteiger charge is -2.28. The van der Waals surface area contributed by atoms with Crippen molar-refractivity contribution < 1.29 is 23.4 Å². The summed E-state index contributed by atoms with van der Waals surface area (Å²) in [4.78, 5) is 31.4. The van der Waals surface area contributed by atoms with E-state index in [2.05, 4.69) is 18.7 Å². The third-order valence-electron chi connectivity index (χ3n) is 6.68. The summed E-state index contributed by atoms with van der Waals surface area (Å²) in [5.41, 5.74) is 2.16. The number of rotatable bonds is 9. The Morgan fingerprint density at radius 3 is 2.20 bits per heavy atom. The lowest BCUT2D eigenvalue weighted by atomic mass is 9.97. The number of nitrogens with zero attached hydrogens (tertiary/aromatic N) is 2. The fourth-order valence-corrected chi connectivity index (χ4v) is 4.76. The van der Waals surface area contributed by atoms with E-state index in [-0.39, 0.29) is 17.1 Å². The number of carbonyl (C=O) groups excluding carboxylic acids is 1. The quantitative estimate of drug-likeness (QED) is 0.458. The Hall–Kier alpha value is -3.52. The molecule has 3 aromatic rings. The van der Waals surface area contributed by atoms with E-state index in [1.165, 1.54) is 21.3 Å². The van der Waals surface area contributed by atoms with E-state index in [0.29, 0.717) is 52.4 Å². The van der Waals surface area contributed by atoms with Crippen molar-refractivity contribution in [2.45, 2.75) is 26.8 Å². The minimum absolute atomic E-state index is 0.0876. The molecule has 0 spiro atoms. The van der Waals surface area contributed by atoms with Gasteiger partial charge in [0.05, 0.1) is 38.3 Å². The van der Waals surface area contributed by atoms with Crippen LogP contribution >= 0.6 is 0 Å². The molecule has 1 aliphatic rings. The highest BCUT2D eigenvalue weighted by Crippen LogP contribution is 2.45. The van der Waals surface area contributed by atoms with Crippen molar-refractivity contribution in [3.8, 4) is 17.2 Å². The van der Waals surface area contributed by atoms with Crippen LogP contribution in [0.4, 0.5) is 0 Å². The topological polar surface area (TPSA) is 81.5 Å². The van der Waals surface area contributed by atoms with Crippen LogP contribution in [0, 0.1) is 6.92 Å². The molecule has 1 atom stereocenters. The van der Waals surface area contributed by atoms with Crippen molar-refractivity contribution in [2.75, 3.05) is 47.5 Å². The van der Waals surface area contributed by atoms with Crippen molar-refractivity contribution in [1.29, 1.82) is 0 Å². The first-order valence-electron chi connectivity index (χ1n) is 11.8. The summed E-state index contributed by atoms with van der Waals surface area (Å²) in [6.07, 6.45) is 0. The number of ether oxygens (including phenoxy) is 3. The van der Waals surface area contributed by atoms with Crippen LogP contribution < -0.4 is 19.6 Å².